The second kappa shape index (κ2) is 9.15. The number of aromatic amines is 1. The summed E-state index contributed by atoms with van der Waals surface area (Å²) in [7, 11) is 0. The number of hydrogen-bond acceptors (Lipinski definition) is 5. The minimum atomic E-state index is -0.421. The van der Waals surface area contributed by atoms with E-state index in [1.165, 1.54) is 22.9 Å². The van der Waals surface area contributed by atoms with Crippen molar-refractivity contribution in [2.45, 2.75) is 63.3 Å². The lowest BCUT2D eigenvalue weighted by Crippen LogP contribution is -2.37. The zero-order chi connectivity index (χ0) is 24.7. The molecular weight excluding hydrogens is 454 g/mol. The van der Waals surface area contributed by atoms with Crippen molar-refractivity contribution in [3.8, 4) is 0 Å². The Balaban J connectivity index is 1.59. The molecule has 2 heterocycles. The highest BCUT2D eigenvalue weighted by Gasteiger charge is 2.42. The van der Waals surface area contributed by atoms with Crippen molar-refractivity contribution in [2.24, 2.45) is 5.41 Å². The average Bonchev–Trinajstić information content (AvgIpc) is 2.81. The van der Waals surface area contributed by atoms with Crippen LogP contribution in [0.1, 0.15) is 74.6 Å². The Kier molecular flexibility index (Phi) is 6.18. The number of aromatic nitrogens is 2. The fraction of sp³-hybridized carbons (Fsp3) is 0.345. The Hall–Kier alpha value is -3.12. The molecule has 0 spiro atoms. The number of carbonyl (C=O) groups is 1. The predicted octanol–water partition coefficient (Wildman–Crippen LogP) is 6.39. The lowest BCUT2D eigenvalue weighted by atomic mass is 9.69. The molecule has 0 fully saturated rings. The number of hydrogen-bond donors (Lipinski definition) is 2. The molecule has 0 amide bonds. The molecule has 1 aliphatic carbocycles. The van der Waals surface area contributed by atoms with E-state index in [-0.39, 0.29) is 16.8 Å². The van der Waals surface area contributed by atoms with Gasteiger partial charge in [-0.3, -0.25) is 9.59 Å². The molecule has 0 saturated carbocycles. The number of nitrogens with zero attached hydrogens (tertiary/aromatic N) is 1. The second-order valence-electron chi connectivity index (χ2n) is 10.6. The van der Waals surface area contributed by atoms with Crippen LogP contribution in [0.15, 0.2) is 75.8 Å². The maximum atomic E-state index is 13.5. The van der Waals surface area contributed by atoms with Crippen molar-refractivity contribution >= 4 is 23.4 Å². The van der Waals surface area contributed by atoms with Crippen LogP contribution in [0.25, 0.3) is 0 Å². The van der Waals surface area contributed by atoms with Crippen molar-refractivity contribution in [2.75, 3.05) is 5.32 Å². The number of benzene rings is 2. The van der Waals surface area contributed by atoms with Crippen LogP contribution in [-0.4, -0.2) is 15.8 Å². The lowest BCUT2D eigenvalue weighted by molar-refractivity contribution is -0.118. The molecule has 1 aliphatic heterocycles. The van der Waals surface area contributed by atoms with Crippen LogP contribution in [0.3, 0.4) is 0 Å². The normalized spacial score (nSPS) is 18.8. The number of carbonyl (C=O) groups excluding carboxylic acids is 1. The zero-order valence-electron chi connectivity index (χ0n) is 20.6. The number of H-pyrrole nitrogens is 1. The smallest absolute Gasteiger partial charge is 0.257 e. The fourth-order valence-corrected chi connectivity index (χ4v) is 5.91. The van der Waals surface area contributed by atoms with Crippen molar-refractivity contribution < 1.29 is 4.79 Å². The third kappa shape index (κ3) is 4.72. The predicted molar refractivity (Wildman–Crippen MR) is 142 cm³/mol. The second-order valence-corrected chi connectivity index (χ2v) is 11.6. The molecule has 2 aliphatic rings. The molecule has 0 saturated heterocycles. The maximum absolute atomic E-state index is 13.5. The van der Waals surface area contributed by atoms with Crippen molar-refractivity contribution in [1.29, 1.82) is 0 Å². The fourth-order valence-electron chi connectivity index (χ4n) is 5.09. The van der Waals surface area contributed by atoms with Gasteiger partial charge in [-0.25, -0.2) is 4.98 Å². The van der Waals surface area contributed by atoms with Gasteiger partial charge in [-0.15, -0.1) is 0 Å². The Bertz CT molecular complexity index is 1350. The molecule has 0 bridgehead atoms. The summed E-state index contributed by atoms with van der Waals surface area (Å²) < 4.78 is 0. The lowest BCUT2D eigenvalue weighted by Gasteiger charge is -2.38. The maximum Gasteiger partial charge on any atom is 0.257 e. The summed E-state index contributed by atoms with van der Waals surface area (Å²) in [6, 6.07) is 18.4. The topological polar surface area (TPSA) is 74.8 Å². The number of allylic oxidation sites excluding steroid dienone is 2. The standard InChI is InChI=1S/C29H31N3O2S/c1-17(2)19-10-12-20(13-11-19)23-24-21(14-29(3,4)15-22(24)33)30-26-25(23)27(34)32-28(31-26)35-16-18-8-6-5-7-9-18/h5-13,17,23H,14-16H2,1-4H3,(H2,30,31,32,34)/t23-/m0/s1. The number of fused-ring (bicyclic) bond motifs is 1. The van der Waals surface area contributed by atoms with Gasteiger partial charge in [-0.2, -0.15) is 0 Å². The average molecular weight is 486 g/mol. The molecule has 3 aromatic rings. The van der Waals surface area contributed by atoms with Crippen LogP contribution in [-0.2, 0) is 10.5 Å². The highest BCUT2D eigenvalue weighted by atomic mass is 32.2. The van der Waals surface area contributed by atoms with Crippen LogP contribution in [0.5, 0.6) is 0 Å². The summed E-state index contributed by atoms with van der Waals surface area (Å²) in [5, 5.41) is 3.98. The molecule has 180 valence electrons. The first-order valence-corrected chi connectivity index (χ1v) is 13.1. The van der Waals surface area contributed by atoms with Crippen LogP contribution in [0, 0.1) is 5.41 Å². The van der Waals surface area contributed by atoms with Crippen molar-refractivity contribution in [1.82, 2.24) is 9.97 Å². The monoisotopic (exact) mass is 485 g/mol. The Morgan fingerprint density at radius 3 is 2.43 bits per heavy atom. The van der Waals surface area contributed by atoms with Crippen molar-refractivity contribution in [3.05, 3.63) is 98.5 Å². The van der Waals surface area contributed by atoms with Crippen LogP contribution in [0.4, 0.5) is 5.82 Å². The highest BCUT2D eigenvalue weighted by molar-refractivity contribution is 7.98. The van der Waals surface area contributed by atoms with Gasteiger partial charge in [0.25, 0.3) is 5.56 Å². The van der Waals surface area contributed by atoms with E-state index in [1.807, 2.05) is 18.2 Å². The first-order valence-electron chi connectivity index (χ1n) is 12.2. The molecule has 5 rings (SSSR count). The van der Waals surface area contributed by atoms with E-state index in [1.54, 1.807) is 0 Å². The van der Waals surface area contributed by atoms with E-state index in [9.17, 15) is 9.59 Å². The Labute approximate surface area is 210 Å². The molecule has 5 nitrogen and oxygen atoms in total. The minimum absolute atomic E-state index is 0.106. The van der Waals surface area contributed by atoms with E-state index in [4.69, 9.17) is 4.98 Å². The summed E-state index contributed by atoms with van der Waals surface area (Å²) in [5.74, 6) is 1.36. The quantitative estimate of drug-likeness (QED) is 0.324. The number of thioether (sulfide) groups is 1. The number of rotatable bonds is 5. The Morgan fingerprint density at radius 1 is 1.03 bits per heavy atom. The largest absolute Gasteiger partial charge is 0.343 e. The molecular formula is C29H31N3O2S. The van der Waals surface area contributed by atoms with E-state index in [0.29, 0.717) is 40.2 Å². The number of anilines is 1. The number of nitrogens with one attached hydrogen (secondary N) is 2. The molecule has 6 heteroatoms. The zero-order valence-corrected chi connectivity index (χ0v) is 21.5. The van der Waals surface area contributed by atoms with Gasteiger partial charge in [0.15, 0.2) is 10.9 Å². The summed E-state index contributed by atoms with van der Waals surface area (Å²) in [6.45, 7) is 8.55. The minimum Gasteiger partial charge on any atom is -0.343 e. The summed E-state index contributed by atoms with van der Waals surface area (Å²) in [6.07, 6.45) is 1.22. The van der Waals surface area contributed by atoms with E-state index < -0.39 is 5.92 Å². The molecule has 2 aromatic carbocycles. The molecule has 1 aromatic heterocycles. The number of Topliss-reactive ketones (excluding diaryl/α,β-unsaturated/α-hetero) is 1. The van der Waals surface area contributed by atoms with Gasteiger partial charge >= 0.3 is 0 Å². The van der Waals surface area contributed by atoms with Gasteiger partial charge in [-0.1, -0.05) is 94.1 Å². The first kappa shape index (κ1) is 23.6. The third-order valence-corrected chi connectivity index (χ3v) is 7.80. The van der Waals surface area contributed by atoms with Crippen LogP contribution < -0.4 is 10.9 Å². The van der Waals surface area contributed by atoms with E-state index >= 15 is 0 Å². The summed E-state index contributed by atoms with van der Waals surface area (Å²) in [5.41, 5.74) is 5.15. The summed E-state index contributed by atoms with van der Waals surface area (Å²) in [4.78, 5) is 34.7. The molecule has 35 heavy (non-hydrogen) atoms. The van der Waals surface area contributed by atoms with Gasteiger partial charge < -0.3 is 10.3 Å². The van der Waals surface area contributed by atoms with Gasteiger partial charge in [0, 0.05) is 29.4 Å². The van der Waals surface area contributed by atoms with Crippen molar-refractivity contribution in [3.63, 3.8) is 0 Å². The number of ketones is 1. The third-order valence-electron chi connectivity index (χ3n) is 6.86. The van der Waals surface area contributed by atoms with Crippen LogP contribution >= 0.6 is 11.8 Å². The summed E-state index contributed by atoms with van der Waals surface area (Å²) >= 11 is 1.50. The van der Waals surface area contributed by atoms with E-state index in [0.717, 1.165) is 17.7 Å². The van der Waals surface area contributed by atoms with E-state index in [2.05, 4.69) is 74.4 Å². The molecule has 0 radical (unpaired) electrons. The molecule has 2 N–H and O–H groups in total. The SMILES string of the molecule is CC(C)c1ccc([C@H]2C3=C(CC(C)(C)CC3=O)Nc3nc(SCc4ccccc4)[nH]c(=O)c32)cc1. The van der Waals surface area contributed by atoms with Gasteiger partial charge in [-0.05, 0) is 34.4 Å². The molecule has 0 unspecified atom stereocenters. The van der Waals surface area contributed by atoms with Gasteiger partial charge in [0.1, 0.15) is 5.82 Å². The molecule has 1 atom stereocenters. The van der Waals surface area contributed by atoms with Gasteiger partial charge in [0.2, 0.25) is 0 Å². The highest BCUT2D eigenvalue weighted by Crippen LogP contribution is 2.47. The Morgan fingerprint density at radius 2 is 1.74 bits per heavy atom. The first-order chi connectivity index (χ1) is 16.7. The van der Waals surface area contributed by atoms with Gasteiger partial charge in [0.05, 0.1) is 5.56 Å². The van der Waals surface area contributed by atoms with Crippen LogP contribution in [0.2, 0.25) is 0 Å².